The zero-order valence-electron chi connectivity index (χ0n) is 14.8. The second-order valence-electron chi connectivity index (χ2n) is 6.70. The van der Waals surface area contributed by atoms with E-state index in [-0.39, 0.29) is 5.69 Å². The van der Waals surface area contributed by atoms with E-state index in [1.807, 2.05) is 6.07 Å². The fourth-order valence-electron chi connectivity index (χ4n) is 2.97. The Morgan fingerprint density at radius 1 is 0.880 bits per heavy atom. The molecule has 1 aromatic heterocycles. The Kier molecular flexibility index (Phi) is 5.78. The van der Waals surface area contributed by atoms with Crippen LogP contribution in [0.1, 0.15) is 5.69 Å². The largest absolute Gasteiger partial charge is 0.304 e. The predicted molar refractivity (Wildman–Crippen MR) is 93.8 cm³/mol. The van der Waals surface area contributed by atoms with Gasteiger partial charge in [0.25, 0.3) is 0 Å². The molecule has 0 radical (unpaired) electrons. The number of hydrogen-bond donors (Lipinski definition) is 0. The molecule has 0 unspecified atom stereocenters. The van der Waals surface area contributed by atoms with Crippen LogP contribution in [0, 0.1) is 11.6 Å². The minimum absolute atomic E-state index is 0.127. The lowest BCUT2D eigenvalue weighted by Crippen LogP contribution is -2.34. The summed E-state index contributed by atoms with van der Waals surface area (Å²) in [5.74, 6) is -1.22. The van der Waals surface area contributed by atoms with Crippen molar-refractivity contribution in [2.75, 3.05) is 53.4 Å². The minimum atomic E-state index is -0.611. The van der Waals surface area contributed by atoms with Gasteiger partial charge in [0.05, 0.1) is 5.69 Å². The molecular weight excluding hydrogens is 324 g/mol. The summed E-state index contributed by atoms with van der Waals surface area (Å²) in [6.07, 6.45) is 1.62. The lowest BCUT2D eigenvalue weighted by atomic mass is 10.3. The molecule has 3 rings (SSSR count). The average Bonchev–Trinajstić information content (AvgIpc) is 3.04. The Morgan fingerprint density at radius 2 is 1.44 bits per heavy atom. The summed E-state index contributed by atoms with van der Waals surface area (Å²) in [6.45, 7) is 6.69. The van der Waals surface area contributed by atoms with Crippen molar-refractivity contribution in [1.82, 2.24) is 24.5 Å². The van der Waals surface area contributed by atoms with Crippen molar-refractivity contribution >= 4 is 0 Å². The summed E-state index contributed by atoms with van der Waals surface area (Å²) in [4.78, 5) is 6.98. The summed E-state index contributed by atoms with van der Waals surface area (Å²) in [5, 5.41) is 4.38. The van der Waals surface area contributed by atoms with E-state index in [1.165, 1.54) is 22.9 Å². The molecule has 0 N–H and O–H groups in total. The van der Waals surface area contributed by atoms with E-state index < -0.39 is 11.6 Å². The topological polar surface area (TPSA) is 27.5 Å². The third-order valence-corrected chi connectivity index (χ3v) is 4.66. The molecule has 1 saturated heterocycles. The van der Waals surface area contributed by atoms with Crippen LogP contribution in [0.2, 0.25) is 0 Å². The maximum atomic E-state index is 13.9. The molecule has 0 saturated carbocycles. The highest BCUT2D eigenvalue weighted by molar-refractivity contribution is 5.34. The molecule has 25 heavy (non-hydrogen) atoms. The quantitative estimate of drug-likeness (QED) is 0.845. The molecule has 1 fully saturated rings. The number of para-hydroxylation sites is 1. The Bertz CT molecular complexity index is 668. The van der Waals surface area contributed by atoms with Gasteiger partial charge >= 0.3 is 0 Å². The Morgan fingerprint density at radius 3 is 2.04 bits per heavy atom. The molecule has 1 aromatic carbocycles. The van der Waals surface area contributed by atoms with E-state index in [0.717, 1.165) is 45.0 Å². The van der Waals surface area contributed by atoms with Gasteiger partial charge < -0.3 is 9.80 Å². The highest BCUT2D eigenvalue weighted by Gasteiger charge is 2.16. The van der Waals surface area contributed by atoms with Crippen LogP contribution < -0.4 is 0 Å². The van der Waals surface area contributed by atoms with Crippen LogP contribution in [0.15, 0.2) is 30.5 Å². The van der Waals surface area contributed by atoms with Crippen LogP contribution in [0.3, 0.4) is 0 Å². The minimum Gasteiger partial charge on any atom is -0.304 e. The second-order valence-corrected chi connectivity index (χ2v) is 6.70. The third kappa shape index (κ3) is 4.62. The smallest absolute Gasteiger partial charge is 0.151 e. The fourth-order valence-corrected chi connectivity index (χ4v) is 2.97. The standard InChI is InChI=1S/C18H25F2N5/c1-22-8-9-23(2)11-13-24(12-10-22)14-15-6-7-25(21-15)18-16(19)4-3-5-17(18)20/h3-7H,8-14H2,1-2H3. The molecule has 0 bridgehead atoms. The first-order valence-corrected chi connectivity index (χ1v) is 8.61. The molecule has 0 amide bonds. The van der Waals surface area contributed by atoms with Crippen LogP contribution in [0.4, 0.5) is 8.78 Å². The summed E-state index contributed by atoms with van der Waals surface area (Å²) < 4.78 is 29.1. The van der Waals surface area contributed by atoms with E-state index >= 15 is 0 Å². The summed E-state index contributed by atoms with van der Waals surface area (Å²) in [5.41, 5.74) is 0.685. The van der Waals surface area contributed by atoms with E-state index in [1.54, 1.807) is 6.20 Å². The number of hydrogen-bond acceptors (Lipinski definition) is 4. The molecule has 1 aliphatic rings. The van der Waals surface area contributed by atoms with Gasteiger partial charge in [0.1, 0.15) is 5.69 Å². The van der Waals surface area contributed by atoms with Gasteiger partial charge in [0.15, 0.2) is 11.6 Å². The van der Waals surface area contributed by atoms with Crippen molar-refractivity contribution in [2.45, 2.75) is 6.54 Å². The monoisotopic (exact) mass is 349 g/mol. The predicted octanol–water partition coefficient (Wildman–Crippen LogP) is 1.83. The highest BCUT2D eigenvalue weighted by atomic mass is 19.1. The molecule has 7 heteroatoms. The number of nitrogens with zero attached hydrogens (tertiary/aromatic N) is 5. The first kappa shape index (κ1) is 18.0. The van der Waals surface area contributed by atoms with Crippen LogP contribution in [-0.2, 0) is 6.54 Å². The summed E-state index contributed by atoms with van der Waals surface area (Å²) in [6, 6.07) is 5.67. The van der Waals surface area contributed by atoms with Crippen LogP contribution in [-0.4, -0.2) is 77.8 Å². The summed E-state index contributed by atoms with van der Waals surface area (Å²) in [7, 11) is 4.26. The van der Waals surface area contributed by atoms with Crippen molar-refractivity contribution in [3.05, 3.63) is 47.8 Å². The van der Waals surface area contributed by atoms with E-state index in [9.17, 15) is 8.78 Å². The van der Waals surface area contributed by atoms with Gasteiger partial charge in [0.2, 0.25) is 0 Å². The number of halogens is 2. The van der Waals surface area contributed by atoms with Crippen LogP contribution >= 0.6 is 0 Å². The van der Waals surface area contributed by atoms with Crippen LogP contribution in [0.5, 0.6) is 0 Å². The van der Waals surface area contributed by atoms with Crippen LogP contribution in [0.25, 0.3) is 5.69 Å². The molecule has 0 aliphatic carbocycles. The highest BCUT2D eigenvalue weighted by Crippen LogP contribution is 2.17. The van der Waals surface area contributed by atoms with Crippen molar-refractivity contribution in [2.24, 2.45) is 0 Å². The molecule has 0 spiro atoms. The fraction of sp³-hybridized carbons (Fsp3) is 0.500. The van der Waals surface area contributed by atoms with Crippen molar-refractivity contribution in [1.29, 1.82) is 0 Å². The zero-order valence-corrected chi connectivity index (χ0v) is 14.8. The van der Waals surface area contributed by atoms with E-state index in [2.05, 4.69) is 33.9 Å². The van der Waals surface area contributed by atoms with Crippen molar-refractivity contribution in [3.8, 4) is 5.69 Å². The SMILES string of the molecule is CN1CCN(C)CCN(Cc2ccn(-c3c(F)cccc3F)n2)CC1. The Balaban J connectivity index is 1.71. The van der Waals surface area contributed by atoms with Gasteiger partial charge in [0, 0.05) is 52.0 Å². The number of aromatic nitrogens is 2. The molecule has 2 aromatic rings. The van der Waals surface area contributed by atoms with Gasteiger partial charge in [-0.3, -0.25) is 4.90 Å². The number of likely N-dealkylation sites (N-methyl/N-ethyl adjacent to an activating group) is 2. The van der Waals surface area contributed by atoms with Crippen molar-refractivity contribution in [3.63, 3.8) is 0 Å². The molecule has 1 aliphatic heterocycles. The van der Waals surface area contributed by atoms with E-state index in [4.69, 9.17) is 0 Å². The zero-order chi connectivity index (χ0) is 17.8. The van der Waals surface area contributed by atoms with Crippen molar-refractivity contribution < 1.29 is 8.78 Å². The first-order valence-electron chi connectivity index (χ1n) is 8.61. The van der Waals surface area contributed by atoms with Gasteiger partial charge in [-0.05, 0) is 32.3 Å². The Hall–Kier alpha value is -1.83. The van der Waals surface area contributed by atoms with Gasteiger partial charge in [-0.2, -0.15) is 5.10 Å². The number of benzene rings is 1. The first-order chi connectivity index (χ1) is 12.0. The van der Waals surface area contributed by atoms with Gasteiger partial charge in [-0.15, -0.1) is 0 Å². The third-order valence-electron chi connectivity index (χ3n) is 4.66. The van der Waals surface area contributed by atoms with E-state index in [0.29, 0.717) is 6.54 Å². The number of rotatable bonds is 3. The molecule has 0 atom stereocenters. The molecule has 136 valence electrons. The maximum absolute atomic E-state index is 13.9. The molecule has 5 nitrogen and oxygen atoms in total. The van der Waals surface area contributed by atoms with Gasteiger partial charge in [-0.1, -0.05) is 6.07 Å². The lowest BCUT2D eigenvalue weighted by molar-refractivity contribution is 0.225. The normalized spacial score (nSPS) is 18.7. The average molecular weight is 349 g/mol. The molecular formula is C18H25F2N5. The van der Waals surface area contributed by atoms with Gasteiger partial charge in [-0.25, -0.2) is 13.5 Å². The lowest BCUT2D eigenvalue weighted by Gasteiger charge is -2.23. The summed E-state index contributed by atoms with van der Waals surface area (Å²) >= 11 is 0. The molecule has 2 heterocycles. The Labute approximate surface area is 147 Å². The second kappa shape index (κ2) is 8.03. The maximum Gasteiger partial charge on any atom is 0.151 e.